The van der Waals surface area contributed by atoms with E-state index in [1.165, 1.54) is 54.4 Å². The van der Waals surface area contributed by atoms with Crippen molar-refractivity contribution in [2.24, 2.45) is 0 Å². The molecule has 13 rings (SSSR count). The molecule has 13 aromatic rings. The molecule has 4 aromatic heterocycles. The minimum Gasteiger partial charge on any atom is -0.309 e. The molecule has 0 aliphatic heterocycles. The van der Waals surface area contributed by atoms with Crippen molar-refractivity contribution < 1.29 is 0 Å². The molecule has 0 amide bonds. The van der Waals surface area contributed by atoms with Gasteiger partial charge in [-0.1, -0.05) is 158 Å². The van der Waals surface area contributed by atoms with Crippen molar-refractivity contribution >= 4 is 65.4 Å². The molecule has 0 spiro atoms. The van der Waals surface area contributed by atoms with Crippen LogP contribution in [0.25, 0.3) is 116 Å². The summed E-state index contributed by atoms with van der Waals surface area (Å²) in [5.74, 6) is 0.707. The first-order chi connectivity index (χ1) is 31.3. The molecule has 0 fully saturated rings. The number of para-hydroxylation sites is 4. The second-order valence-corrected chi connectivity index (χ2v) is 16.2. The summed E-state index contributed by atoms with van der Waals surface area (Å²) in [5.41, 5.74) is 15.3. The van der Waals surface area contributed by atoms with Gasteiger partial charge in [0.2, 0.25) is 0 Å². The number of benzene rings is 9. The molecule has 0 unspecified atom stereocenters. The molecule has 294 valence electrons. The topological polar surface area (TPSA) is 40.6 Å². The Morgan fingerprint density at radius 1 is 0.254 bits per heavy atom. The zero-order valence-corrected chi connectivity index (χ0v) is 34.1. The molecule has 0 atom stereocenters. The quantitative estimate of drug-likeness (QED) is 0.168. The van der Waals surface area contributed by atoms with Crippen molar-refractivity contribution in [1.29, 1.82) is 0 Å². The van der Waals surface area contributed by atoms with E-state index in [2.05, 4.69) is 214 Å². The van der Waals surface area contributed by atoms with Gasteiger partial charge < -0.3 is 13.7 Å². The molecule has 5 nitrogen and oxygen atoms in total. The van der Waals surface area contributed by atoms with E-state index >= 15 is 0 Å². The Kier molecular flexibility index (Phi) is 7.84. The average molecular weight is 804 g/mol. The fourth-order valence-corrected chi connectivity index (χ4v) is 9.83. The minimum atomic E-state index is 0.707. The normalized spacial score (nSPS) is 11.8. The summed E-state index contributed by atoms with van der Waals surface area (Å²) in [6.07, 6.45) is 0. The van der Waals surface area contributed by atoms with Crippen molar-refractivity contribution in [2.45, 2.75) is 0 Å². The summed E-state index contributed by atoms with van der Waals surface area (Å²) in [6, 6.07) is 80.2. The molecule has 9 aromatic carbocycles. The third-order valence-electron chi connectivity index (χ3n) is 12.6. The zero-order chi connectivity index (χ0) is 41.4. The summed E-state index contributed by atoms with van der Waals surface area (Å²) in [4.78, 5) is 10.1. The predicted octanol–water partition coefficient (Wildman–Crippen LogP) is 14.8. The molecule has 0 aliphatic rings. The smallest absolute Gasteiger partial charge is 0.160 e. The lowest BCUT2D eigenvalue weighted by Crippen LogP contribution is -1.98. The molecule has 4 heterocycles. The third kappa shape index (κ3) is 5.50. The largest absolute Gasteiger partial charge is 0.309 e. The van der Waals surface area contributed by atoms with Crippen LogP contribution in [0.5, 0.6) is 0 Å². The predicted molar refractivity (Wildman–Crippen MR) is 261 cm³/mol. The maximum atomic E-state index is 5.12. The Morgan fingerprint density at radius 2 is 0.651 bits per heavy atom. The van der Waals surface area contributed by atoms with Crippen molar-refractivity contribution in [1.82, 2.24) is 23.7 Å². The third-order valence-corrected chi connectivity index (χ3v) is 12.6. The highest BCUT2D eigenvalue weighted by atomic mass is 15.0. The zero-order valence-electron chi connectivity index (χ0n) is 34.1. The van der Waals surface area contributed by atoms with Crippen molar-refractivity contribution in [2.75, 3.05) is 0 Å². The van der Waals surface area contributed by atoms with Gasteiger partial charge in [-0.2, -0.15) is 0 Å². The Balaban J connectivity index is 1.05. The number of nitrogens with zero attached hydrogens (tertiary/aromatic N) is 5. The van der Waals surface area contributed by atoms with Crippen LogP contribution in [-0.4, -0.2) is 23.7 Å². The minimum absolute atomic E-state index is 0.707. The summed E-state index contributed by atoms with van der Waals surface area (Å²) >= 11 is 0. The van der Waals surface area contributed by atoms with Crippen molar-refractivity contribution in [3.63, 3.8) is 0 Å². The molecule has 0 aliphatic carbocycles. The second-order valence-electron chi connectivity index (χ2n) is 16.2. The highest BCUT2D eigenvalue weighted by Crippen LogP contribution is 2.44. The maximum Gasteiger partial charge on any atom is 0.160 e. The van der Waals surface area contributed by atoms with E-state index in [1.54, 1.807) is 0 Å². The number of fused-ring (bicyclic) bond motifs is 10. The fraction of sp³-hybridized carbons (Fsp3) is 0. The van der Waals surface area contributed by atoms with Crippen LogP contribution in [0.15, 0.2) is 224 Å². The highest BCUT2D eigenvalue weighted by molar-refractivity contribution is 6.26. The van der Waals surface area contributed by atoms with Crippen LogP contribution < -0.4 is 0 Å². The van der Waals surface area contributed by atoms with E-state index in [0.717, 1.165) is 56.2 Å². The van der Waals surface area contributed by atoms with Gasteiger partial charge in [-0.25, -0.2) is 9.97 Å². The van der Waals surface area contributed by atoms with Gasteiger partial charge in [-0.3, -0.25) is 0 Å². The first kappa shape index (κ1) is 35.2. The number of aromatic nitrogens is 5. The average Bonchev–Trinajstić information content (AvgIpc) is 3.99. The Morgan fingerprint density at radius 3 is 1.24 bits per heavy atom. The van der Waals surface area contributed by atoms with Gasteiger partial charge in [0.15, 0.2) is 5.82 Å². The van der Waals surface area contributed by atoms with Crippen LogP contribution in [0.2, 0.25) is 0 Å². The van der Waals surface area contributed by atoms with E-state index in [-0.39, 0.29) is 0 Å². The van der Waals surface area contributed by atoms with E-state index < -0.39 is 0 Å². The molecular formula is C58H37N5. The highest BCUT2D eigenvalue weighted by Gasteiger charge is 2.23. The van der Waals surface area contributed by atoms with E-state index in [0.29, 0.717) is 5.82 Å². The summed E-state index contributed by atoms with van der Waals surface area (Å²) in [7, 11) is 0. The molecule has 0 saturated carbocycles. The second kappa shape index (κ2) is 14.0. The van der Waals surface area contributed by atoms with E-state index in [1.807, 2.05) is 24.3 Å². The van der Waals surface area contributed by atoms with Gasteiger partial charge in [-0.15, -0.1) is 0 Å². The van der Waals surface area contributed by atoms with Crippen LogP contribution >= 0.6 is 0 Å². The van der Waals surface area contributed by atoms with Crippen molar-refractivity contribution in [3.05, 3.63) is 224 Å². The van der Waals surface area contributed by atoms with Gasteiger partial charge in [0.1, 0.15) is 0 Å². The summed E-state index contributed by atoms with van der Waals surface area (Å²) in [5, 5.41) is 7.31. The monoisotopic (exact) mass is 803 g/mol. The number of hydrogen-bond acceptors (Lipinski definition) is 2. The van der Waals surface area contributed by atoms with E-state index in [9.17, 15) is 0 Å². The van der Waals surface area contributed by atoms with Crippen LogP contribution in [0.1, 0.15) is 0 Å². The molecule has 0 bridgehead atoms. The van der Waals surface area contributed by atoms with Crippen LogP contribution in [-0.2, 0) is 0 Å². The van der Waals surface area contributed by atoms with Crippen LogP contribution in [0.3, 0.4) is 0 Å². The summed E-state index contributed by atoms with van der Waals surface area (Å²) in [6.45, 7) is 0. The molecule has 5 heteroatoms. The number of hydrogen-bond donors (Lipinski definition) is 0. The molecule has 63 heavy (non-hydrogen) atoms. The summed E-state index contributed by atoms with van der Waals surface area (Å²) < 4.78 is 7.36. The lowest BCUT2D eigenvalue weighted by Gasteiger charge is -2.12. The van der Waals surface area contributed by atoms with Gasteiger partial charge in [0.25, 0.3) is 0 Å². The van der Waals surface area contributed by atoms with Gasteiger partial charge in [0, 0.05) is 66.1 Å². The molecule has 0 radical (unpaired) electrons. The van der Waals surface area contributed by atoms with E-state index in [4.69, 9.17) is 9.97 Å². The van der Waals surface area contributed by atoms with Crippen LogP contribution in [0, 0.1) is 0 Å². The molecule has 0 N–H and O–H groups in total. The first-order valence-corrected chi connectivity index (χ1v) is 21.4. The number of rotatable bonds is 6. The van der Waals surface area contributed by atoms with Crippen LogP contribution in [0.4, 0.5) is 0 Å². The lowest BCUT2D eigenvalue weighted by atomic mass is 10.1. The van der Waals surface area contributed by atoms with Crippen molar-refractivity contribution in [3.8, 4) is 51.0 Å². The van der Waals surface area contributed by atoms with Gasteiger partial charge >= 0.3 is 0 Å². The first-order valence-electron chi connectivity index (χ1n) is 21.4. The lowest BCUT2D eigenvalue weighted by molar-refractivity contribution is 1.15. The maximum absolute atomic E-state index is 5.12. The molecule has 0 saturated heterocycles. The van der Waals surface area contributed by atoms with Gasteiger partial charge in [0.05, 0.1) is 44.5 Å². The Hall–Kier alpha value is -8.54. The molecular weight excluding hydrogens is 767 g/mol. The Labute approximate surface area is 363 Å². The fourth-order valence-electron chi connectivity index (χ4n) is 9.83. The Bertz CT molecular complexity index is 3810. The SMILES string of the molecule is c1ccc(-c2cc(-c3ccc(-n4c5ccccc5c5cc6c(cc54)c4ccc5c7ccccc7n(-c7ccccc7)c5c4n6-c4ccccc4)cc3)nc(-c3ccccc3)n2)cc1. The standard InChI is InChI=1S/C58H37N5/c1-5-17-38(18-6-1)50-37-51(60-58(59-50)40-19-7-2-8-20-40)39-29-31-43(32-30-39)61-52-27-15-14-26-45(52)48-35-55-49(36-54(48)61)47-34-33-46-44-25-13-16-28-53(44)62(41-21-9-3-10-22-41)56(46)57(47)63(55)42-23-11-4-12-24-42/h1-37H. The van der Waals surface area contributed by atoms with Gasteiger partial charge in [-0.05, 0) is 66.7 Å².